The Morgan fingerprint density at radius 3 is 2.80 bits per heavy atom. The van der Waals surface area contributed by atoms with Crippen molar-refractivity contribution in [2.24, 2.45) is 10.8 Å². The normalized spacial score (nSPS) is 16.1. The largest absolute Gasteiger partial charge is 0.375 e. The number of aryl methyl sites for hydroxylation is 1. The summed E-state index contributed by atoms with van der Waals surface area (Å²) in [5.41, 5.74) is 10.5. The van der Waals surface area contributed by atoms with Crippen LogP contribution in [-0.2, 0) is 0 Å². The Bertz CT molecular complexity index is 525. The average molecular weight is 310 g/mol. The van der Waals surface area contributed by atoms with E-state index in [4.69, 9.17) is 18.0 Å². The van der Waals surface area contributed by atoms with Gasteiger partial charge in [-0.3, -0.25) is 5.43 Å². The Kier molecular flexibility index (Phi) is 5.13. The van der Waals surface area contributed by atoms with Crippen molar-refractivity contribution < 1.29 is 0 Å². The second kappa shape index (κ2) is 6.85. The van der Waals surface area contributed by atoms with Crippen LogP contribution >= 0.6 is 24.0 Å². The molecule has 0 amide bonds. The zero-order valence-corrected chi connectivity index (χ0v) is 13.2. The Balaban J connectivity index is 2.16. The Morgan fingerprint density at radius 2 is 2.20 bits per heavy atom. The fraction of sp³-hybridized carbons (Fsp3) is 0.500. The van der Waals surface area contributed by atoms with Crippen LogP contribution in [0.25, 0.3) is 0 Å². The van der Waals surface area contributed by atoms with Crippen LogP contribution in [0, 0.1) is 6.92 Å². The first kappa shape index (κ1) is 15.0. The lowest BCUT2D eigenvalue weighted by Crippen LogP contribution is -2.34. The monoisotopic (exact) mass is 310 g/mol. The van der Waals surface area contributed by atoms with Gasteiger partial charge in [0, 0.05) is 36.4 Å². The minimum atomic E-state index is 0.144. The third kappa shape index (κ3) is 3.80. The number of rotatable bonds is 3. The zero-order valence-electron chi connectivity index (χ0n) is 11.6. The summed E-state index contributed by atoms with van der Waals surface area (Å²) >= 11 is 6.69. The first-order valence-corrected chi connectivity index (χ1v) is 7.90. The summed E-state index contributed by atoms with van der Waals surface area (Å²) in [5, 5.41) is 4.24. The molecule has 2 heterocycles. The number of thioether (sulfide) groups is 1. The van der Waals surface area contributed by atoms with Gasteiger partial charge in [-0.25, -0.2) is 9.97 Å². The number of thiocarbonyl (C=S) groups is 1. The van der Waals surface area contributed by atoms with Gasteiger partial charge >= 0.3 is 0 Å². The molecule has 0 saturated carbocycles. The molecule has 0 spiro atoms. The van der Waals surface area contributed by atoms with Gasteiger partial charge < -0.3 is 10.6 Å². The van der Waals surface area contributed by atoms with E-state index < -0.39 is 0 Å². The van der Waals surface area contributed by atoms with Crippen LogP contribution in [0.1, 0.15) is 18.2 Å². The Labute approximate surface area is 128 Å². The fourth-order valence-electron chi connectivity index (χ4n) is 1.92. The number of aromatic nitrogens is 2. The van der Waals surface area contributed by atoms with Gasteiger partial charge in [0.15, 0.2) is 5.11 Å². The van der Waals surface area contributed by atoms with Crippen LogP contribution in [0.5, 0.6) is 0 Å². The molecular weight excluding hydrogens is 292 g/mol. The van der Waals surface area contributed by atoms with E-state index in [2.05, 4.69) is 25.4 Å². The van der Waals surface area contributed by atoms with Crippen LogP contribution in [0.2, 0.25) is 0 Å². The smallest absolute Gasteiger partial charge is 0.225 e. The summed E-state index contributed by atoms with van der Waals surface area (Å²) in [6, 6.07) is 0. The standard InChI is InChI=1S/C12H18N6S2/c1-8-10(9(2)16-17-11(13)19)7-14-12(15-8)18-3-5-20-6-4-18/h7H,3-6H2,1-2H3,(H3,13,17,19)/b16-9-. The predicted molar refractivity (Wildman–Crippen MR) is 88.4 cm³/mol. The number of nitrogens with two attached hydrogens (primary N) is 1. The Hall–Kier alpha value is -1.41. The zero-order chi connectivity index (χ0) is 14.5. The lowest BCUT2D eigenvalue weighted by Gasteiger charge is -2.26. The first-order chi connectivity index (χ1) is 9.58. The highest BCUT2D eigenvalue weighted by atomic mass is 32.2. The predicted octanol–water partition coefficient (Wildman–Crippen LogP) is 0.895. The molecule has 0 bridgehead atoms. The van der Waals surface area contributed by atoms with E-state index in [1.807, 2.05) is 25.6 Å². The fourth-order valence-corrected chi connectivity index (χ4v) is 2.87. The van der Waals surface area contributed by atoms with E-state index in [9.17, 15) is 0 Å². The van der Waals surface area contributed by atoms with E-state index in [1.54, 1.807) is 6.20 Å². The van der Waals surface area contributed by atoms with E-state index in [0.717, 1.165) is 47.5 Å². The van der Waals surface area contributed by atoms with E-state index in [-0.39, 0.29) is 5.11 Å². The minimum Gasteiger partial charge on any atom is -0.375 e. The third-order valence-electron chi connectivity index (χ3n) is 2.98. The Morgan fingerprint density at radius 1 is 1.50 bits per heavy atom. The molecule has 3 N–H and O–H groups in total. The summed E-state index contributed by atoms with van der Waals surface area (Å²) in [6.45, 7) is 5.83. The highest BCUT2D eigenvalue weighted by molar-refractivity contribution is 7.99. The maximum atomic E-state index is 5.35. The second-order valence-electron chi connectivity index (χ2n) is 4.44. The van der Waals surface area contributed by atoms with Crippen molar-refractivity contribution in [3.05, 3.63) is 17.5 Å². The van der Waals surface area contributed by atoms with Gasteiger partial charge in [0.2, 0.25) is 5.95 Å². The van der Waals surface area contributed by atoms with Crippen molar-refractivity contribution in [1.82, 2.24) is 15.4 Å². The molecule has 0 aliphatic carbocycles. The molecule has 0 atom stereocenters. The molecule has 8 heteroatoms. The van der Waals surface area contributed by atoms with Gasteiger partial charge in [-0.2, -0.15) is 16.9 Å². The number of anilines is 1. The van der Waals surface area contributed by atoms with Crippen LogP contribution in [0.15, 0.2) is 11.3 Å². The summed E-state index contributed by atoms with van der Waals surface area (Å²) < 4.78 is 0. The van der Waals surface area contributed by atoms with Gasteiger partial charge in [-0.05, 0) is 26.1 Å². The molecule has 2 rings (SSSR count). The van der Waals surface area contributed by atoms with Gasteiger partial charge in [0.05, 0.1) is 11.4 Å². The number of hydrazone groups is 1. The number of nitrogens with one attached hydrogen (secondary N) is 1. The van der Waals surface area contributed by atoms with E-state index in [0.29, 0.717) is 0 Å². The summed E-state index contributed by atoms with van der Waals surface area (Å²) in [5.74, 6) is 3.05. The molecule has 6 nitrogen and oxygen atoms in total. The topological polar surface area (TPSA) is 79.4 Å². The van der Waals surface area contributed by atoms with Gasteiger partial charge in [0.1, 0.15) is 0 Å². The van der Waals surface area contributed by atoms with Crippen molar-refractivity contribution in [1.29, 1.82) is 0 Å². The minimum absolute atomic E-state index is 0.144. The number of hydrogen-bond donors (Lipinski definition) is 2. The quantitative estimate of drug-likeness (QED) is 0.488. The molecule has 20 heavy (non-hydrogen) atoms. The van der Waals surface area contributed by atoms with Crippen LogP contribution < -0.4 is 16.1 Å². The lowest BCUT2D eigenvalue weighted by molar-refractivity contribution is 0.809. The number of nitrogens with zero attached hydrogens (tertiary/aromatic N) is 4. The lowest BCUT2D eigenvalue weighted by atomic mass is 10.2. The molecule has 0 radical (unpaired) electrons. The number of hydrogen-bond acceptors (Lipinski definition) is 6. The van der Waals surface area contributed by atoms with Crippen molar-refractivity contribution in [2.75, 3.05) is 29.5 Å². The third-order valence-corrected chi connectivity index (χ3v) is 4.02. The van der Waals surface area contributed by atoms with Crippen molar-refractivity contribution in [3.8, 4) is 0 Å². The van der Waals surface area contributed by atoms with E-state index >= 15 is 0 Å². The molecule has 1 saturated heterocycles. The van der Waals surface area contributed by atoms with E-state index in [1.165, 1.54) is 0 Å². The first-order valence-electron chi connectivity index (χ1n) is 6.34. The SMILES string of the molecule is C/C(=N/NC(N)=S)c1cnc(N2CCSCC2)nc1C. The van der Waals surface area contributed by atoms with Crippen molar-refractivity contribution in [2.45, 2.75) is 13.8 Å². The van der Waals surface area contributed by atoms with Crippen molar-refractivity contribution in [3.63, 3.8) is 0 Å². The molecule has 1 fully saturated rings. The molecular formula is C12H18N6S2. The maximum Gasteiger partial charge on any atom is 0.225 e. The highest BCUT2D eigenvalue weighted by Crippen LogP contribution is 2.16. The van der Waals surface area contributed by atoms with Crippen LogP contribution in [-0.4, -0.2) is 45.4 Å². The summed E-state index contributed by atoms with van der Waals surface area (Å²) in [4.78, 5) is 11.2. The molecule has 0 unspecified atom stereocenters. The maximum absolute atomic E-state index is 5.35. The molecule has 108 valence electrons. The molecule has 1 aromatic rings. The molecule has 1 aliphatic rings. The average Bonchev–Trinajstić information content (AvgIpc) is 2.45. The summed E-state index contributed by atoms with van der Waals surface area (Å²) in [6.07, 6.45) is 1.81. The van der Waals surface area contributed by atoms with Crippen LogP contribution in [0.3, 0.4) is 0 Å². The summed E-state index contributed by atoms with van der Waals surface area (Å²) in [7, 11) is 0. The highest BCUT2D eigenvalue weighted by Gasteiger charge is 2.15. The molecule has 1 aliphatic heterocycles. The second-order valence-corrected chi connectivity index (χ2v) is 6.11. The van der Waals surface area contributed by atoms with Gasteiger partial charge in [0.25, 0.3) is 0 Å². The van der Waals surface area contributed by atoms with Crippen LogP contribution in [0.4, 0.5) is 5.95 Å². The van der Waals surface area contributed by atoms with Gasteiger partial charge in [-0.1, -0.05) is 0 Å². The van der Waals surface area contributed by atoms with Crippen molar-refractivity contribution >= 4 is 40.8 Å². The molecule has 1 aromatic heterocycles. The van der Waals surface area contributed by atoms with Gasteiger partial charge in [-0.15, -0.1) is 0 Å². The molecule has 0 aromatic carbocycles.